The molecule has 0 N–H and O–H groups in total. The summed E-state index contributed by atoms with van der Waals surface area (Å²) in [5.74, 6) is 8.86. The van der Waals surface area contributed by atoms with Crippen LogP contribution >= 0.6 is 0 Å². The molecule has 0 amide bonds. The molecule has 0 fully saturated rings. The van der Waals surface area contributed by atoms with Gasteiger partial charge in [-0.25, -0.2) is 4.99 Å². The highest BCUT2D eigenvalue weighted by Gasteiger charge is 2.22. The van der Waals surface area contributed by atoms with E-state index in [4.69, 9.17) is 9.15 Å². The molecule has 2 heterocycles. The highest BCUT2D eigenvalue weighted by atomic mass is 16.5. The average molecular weight is 349 g/mol. The van der Waals surface area contributed by atoms with Crippen molar-refractivity contribution in [2.75, 3.05) is 0 Å². The summed E-state index contributed by atoms with van der Waals surface area (Å²) in [4.78, 5) is 4.52. The highest BCUT2D eigenvalue weighted by molar-refractivity contribution is 5.98. The van der Waals surface area contributed by atoms with Crippen molar-refractivity contribution in [1.82, 2.24) is 5.01 Å². The molecule has 26 heavy (non-hydrogen) atoms. The van der Waals surface area contributed by atoms with Crippen LogP contribution in [-0.4, -0.2) is 16.4 Å². The third-order valence-electron chi connectivity index (χ3n) is 3.77. The van der Waals surface area contributed by atoms with Gasteiger partial charge in [0.15, 0.2) is 5.76 Å². The number of rotatable bonds is 5. The van der Waals surface area contributed by atoms with Crippen LogP contribution < -0.4 is 0 Å². The first-order chi connectivity index (χ1) is 12.4. The minimum Gasteiger partial charge on any atom is -0.469 e. The van der Waals surface area contributed by atoms with Crippen LogP contribution in [0, 0.1) is 17.8 Å². The molecule has 0 radical (unpaired) electrons. The number of furan rings is 1. The second-order valence-corrected chi connectivity index (χ2v) is 6.64. The Hall–Kier alpha value is -3.00. The molecule has 0 unspecified atom stereocenters. The molecule has 1 aromatic rings. The second kappa shape index (κ2) is 7.49. The molecule has 0 saturated carbocycles. The lowest BCUT2D eigenvalue weighted by Gasteiger charge is -2.26. The van der Waals surface area contributed by atoms with Crippen LogP contribution in [-0.2, 0) is 11.3 Å². The summed E-state index contributed by atoms with van der Waals surface area (Å²) in [5.41, 5.74) is 2.78. The topological polar surface area (TPSA) is 50.3 Å². The molecule has 0 aromatic carbocycles. The van der Waals surface area contributed by atoms with E-state index < -0.39 is 0 Å². The fraction of sp³-hybridized carbons (Fsp3) is 0.333. The van der Waals surface area contributed by atoms with Crippen molar-refractivity contribution in [3.8, 4) is 11.8 Å². The molecule has 2 aliphatic rings. The molecule has 1 aromatic heterocycles. The van der Waals surface area contributed by atoms with Crippen LogP contribution in [0.4, 0.5) is 0 Å². The smallest absolute Gasteiger partial charge is 0.218 e. The van der Waals surface area contributed by atoms with E-state index in [0.717, 1.165) is 23.4 Å². The summed E-state index contributed by atoms with van der Waals surface area (Å²) in [6, 6.07) is 1.96. The Labute approximate surface area is 154 Å². The Morgan fingerprint density at radius 3 is 3.00 bits per heavy atom. The van der Waals surface area contributed by atoms with Gasteiger partial charge in [0.1, 0.15) is 18.2 Å². The zero-order chi connectivity index (χ0) is 18.7. The number of hydrogen-bond acceptors (Lipinski definition) is 5. The van der Waals surface area contributed by atoms with Crippen molar-refractivity contribution in [2.45, 2.75) is 40.7 Å². The normalized spacial score (nSPS) is 15.6. The minimum absolute atomic E-state index is 0.263. The van der Waals surface area contributed by atoms with E-state index in [-0.39, 0.29) is 12.5 Å². The van der Waals surface area contributed by atoms with Crippen LogP contribution in [0.3, 0.4) is 0 Å². The van der Waals surface area contributed by atoms with E-state index in [1.807, 2.05) is 38.1 Å². The monoisotopic (exact) mass is 349 g/mol. The van der Waals surface area contributed by atoms with E-state index in [2.05, 4.69) is 42.4 Å². The minimum atomic E-state index is 0.263. The van der Waals surface area contributed by atoms with Gasteiger partial charge in [-0.3, -0.25) is 0 Å². The molecule has 0 atom stereocenters. The lowest BCUT2D eigenvalue weighted by Crippen LogP contribution is -2.25. The maximum absolute atomic E-state index is 6.01. The highest BCUT2D eigenvalue weighted by Crippen LogP contribution is 2.25. The first-order valence-corrected chi connectivity index (χ1v) is 8.66. The van der Waals surface area contributed by atoms with Crippen LogP contribution in [0.1, 0.15) is 51.2 Å². The number of hydrazone groups is 1. The average Bonchev–Trinajstić information content (AvgIpc) is 2.84. The molecule has 5 heteroatoms. The van der Waals surface area contributed by atoms with E-state index in [1.165, 1.54) is 0 Å². The van der Waals surface area contributed by atoms with E-state index in [0.29, 0.717) is 23.2 Å². The number of fused-ring (bicyclic) bond motifs is 1. The van der Waals surface area contributed by atoms with Crippen molar-refractivity contribution in [3.05, 3.63) is 53.6 Å². The van der Waals surface area contributed by atoms with Gasteiger partial charge in [0.2, 0.25) is 5.88 Å². The van der Waals surface area contributed by atoms with Gasteiger partial charge in [-0.15, -0.1) is 0 Å². The van der Waals surface area contributed by atoms with Crippen molar-refractivity contribution >= 4 is 17.5 Å². The maximum atomic E-state index is 6.01. The summed E-state index contributed by atoms with van der Waals surface area (Å²) in [6.07, 6.45) is 6.68. The van der Waals surface area contributed by atoms with E-state index in [9.17, 15) is 0 Å². The fourth-order valence-corrected chi connectivity index (χ4v) is 2.52. The second-order valence-electron chi connectivity index (χ2n) is 6.64. The molecule has 3 rings (SSSR count). The van der Waals surface area contributed by atoms with Crippen LogP contribution in [0.5, 0.6) is 0 Å². The summed E-state index contributed by atoms with van der Waals surface area (Å²) in [5, 5.41) is 6.09. The van der Waals surface area contributed by atoms with Crippen molar-refractivity contribution in [1.29, 1.82) is 0 Å². The standard InChI is InChI=1S/C21H23N3O2/c1-14(2)19-12-21(24(16(5)22-19)23-15(3)4)25-13-18-11-17-9-7-6-8-10-20(17)26-18/h7,9,11-12,14H,5-6,13H2,1-4H3. The molecule has 0 saturated heterocycles. The molecule has 5 nitrogen and oxygen atoms in total. The number of allylic oxidation sites excluding steroid dienone is 2. The van der Waals surface area contributed by atoms with Gasteiger partial charge >= 0.3 is 0 Å². The number of aliphatic imine (C=N–C) groups is 1. The Kier molecular flexibility index (Phi) is 5.13. The van der Waals surface area contributed by atoms with Gasteiger partial charge in [-0.05, 0) is 31.8 Å². The maximum Gasteiger partial charge on any atom is 0.218 e. The van der Waals surface area contributed by atoms with Crippen LogP contribution in [0.25, 0.3) is 6.08 Å². The molecular formula is C21H23N3O2. The quantitative estimate of drug-likeness (QED) is 0.572. The predicted molar refractivity (Wildman–Crippen MR) is 104 cm³/mol. The van der Waals surface area contributed by atoms with Crippen molar-refractivity contribution < 1.29 is 9.15 Å². The van der Waals surface area contributed by atoms with Gasteiger partial charge in [0.05, 0.1) is 5.71 Å². The van der Waals surface area contributed by atoms with E-state index in [1.54, 1.807) is 5.01 Å². The van der Waals surface area contributed by atoms with E-state index >= 15 is 0 Å². The van der Waals surface area contributed by atoms with Crippen molar-refractivity contribution in [2.24, 2.45) is 16.0 Å². The zero-order valence-electron chi connectivity index (χ0n) is 15.7. The molecule has 1 aliphatic carbocycles. The summed E-state index contributed by atoms with van der Waals surface area (Å²) < 4.78 is 11.8. The van der Waals surface area contributed by atoms with Crippen LogP contribution in [0.15, 0.2) is 51.0 Å². The molecule has 134 valence electrons. The Morgan fingerprint density at radius 1 is 1.46 bits per heavy atom. The lowest BCUT2D eigenvalue weighted by atomic mass is 10.1. The Morgan fingerprint density at radius 2 is 2.27 bits per heavy atom. The molecular weight excluding hydrogens is 326 g/mol. The van der Waals surface area contributed by atoms with Crippen molar-refractivity contribution in [3.63, 3.8) is 0 Å². The number of ether oxygens (including phenoxy) is 1. The van der Waals surface area contributed by atoms with Gasteiger partial charge in [-0.1, -0.05) is 38.5 Å². The molecule has 0 bridgehead atoms. The summed E-state index contributed by atoms with van der Waals surface area (Å²) in [7, 11) is 0. The Balaban J connectivity index is 1.82. The third-order valence-corrected chi connectivity index (χ3v) is 3.77. The van der Waals surface area contributed by atoms with Gasteiger partial charge in [-0.2, -0.15) is 10.1 Å². The number of hydrogen-bond donors (Lipinski definition) is 0. The van der Waals surface area contributed by atoms with Gasteiger partial charge in [0, 0.05) is 23.8 Å². The predicted octanol–water partition coefficient (Wildman–Crippen LogP) is 4.69. The summed E-state index contributed by atoms with van der Waals surface area (Å²) >= 11 is 0. The van der Waals surface area contributed by atoms with Crippen LogP contribution in [0.2, 0.25) is 0 Å². The molecule has 0 spiro atoms. The third kappa shape index (κ3) is 3.97. The zero-order valence-corrected chi connectivity index (χ0v) is 15.7. The number of nitrogens with zero attached hydrogens (tertiary/aromatic N) is 3. The largest absolute Gasteiger partial charge is 0.469 e. The fourth-order valence-electron chi connectivity index (χ4n) is 2.52. The summed E-state index contributed by atoms with van der Waals surface area (Å²) in [6.45, 7) is 12.3. The Bertz CT molecular complexity index is 897. The van der Waals surface area contributed by atoms with Gasteiger partial charge < -0.3 is 9.15 Å². The SMILES string of the molecule is C=C1N=C(C(C)C)C=C(OCc2cc3c(o2)C#CCC=C3)N1N=C(C)C. The lowest BCUT2D eigenvalue weighted by molar-refractivity contribution is 0.108. The first-order valence-electron chi connectivity index (χ1n) is 8.66. The first kappa shape index (κ1) is 17.8. The molecule has 1 aliphatic heterocycles. The van der Waals surface area contributed by atoms with Gasteiger partial charge in [0.25, 0.3) is 0 Å².